The quantitative estimate of drug-likeness (QED) is 0.802. The summed E-state index contributed by atoms with van der Waals surface area (Å²) in [6.45, 7) is 0.318. The van der Waals surface area contributed by atoms with Crippen LogP contribution in [0.4, 0.5) is 4.39 Å². The Kier molecular flexibility index (Phi) is 5.13. The molecule has 0 saturated heterocycles. The number of ketones is 1. The Bertz CT molecular complexity index is 584. The summed E-state index contributed by atoms with van der Waals surface area (Å²) in [5.41, 5.74) is 0.622. The second-order valence-electron chi connectivity index (χ2n) is 4.38. The first-order valence-electron chi connectivity index (χ1n) is 6.28. The Morgan fingerprint density at radius 3 is 2.60 bits per heavy atom. The third kappa shape index (κ3) is 4.35. The van der Waals surface area contributed by atoms with Crippen LogP contribution in [-0.4, -0.2) is 12.4 Å². The standard InChI is InChI=1S/C16H14ClFO2/c17-15-7-6-12(11-16(15)18)10-13(19)8-9-20-14-4-2-1-3-5-14/h1-7,11H,8-10H2. The van der Waals surface area contributed by atoms with E-state index >= 15 is 0 Å². The van der Waals surface area contributed by atoms with Crippen molar-refractivity contribution in [1.29, 1.82) is 0 Å². The monoisotopic (exact) mass is 292 g/mol. The summed E-state index contributed by atoms with van der Waals surface area (Å²) in [6.07, 6.45) is 0.478. The summed E-state index contributed by atoms with van der Waals surface area (Å²) < 4.78 is 18.7. The molecule has 104 valence electrons. The molecule has 0 N–H and O–H groups in total. The van der Waals surface area contributed by atoms with Gasteiger partial charge in [0.2, 0.25) is 0 Å². The molecule has 0 aliphatic rings. The predicted molar refractivity (Wildman–Crippen MR) is 76.7 cm³/mol. The van der Waals surface area contributed by atoms with Gasteiger partial charge in [-0.3, -0.25) is 4.79 Å². The first-order valence-corrected chi connectivity index (χ1v) is 6.66. The molecule has 20 heavy (non-hydrogen) atoms. The minimum atomic E-state index is -0.502. The molecule has 0 fully saturated rings. The van der Waals surface area contributed by atoms with Crippen molar-refractivity contribution in [3.05, 3.63) is 64.9 Å². The lowest BCUT2D eigenvalue weighted by Gasteiger charge is -2.06. The van der Waals surface area contributed by atoms with E-state index in [-0.39, 0.29) is 17.2 Å². The molecule has 0 atom stereocenters. The third-order valence-electron chi connectivity index (χ3n) is 2.78. The van der Waals surface area contributed by atoms with Crippen molar-refractivity contribution in [3.63, 3.8) is 0 Å². The van der Waals surface area contributed by atoms with E-state index in [0.717, 1.165) is 5.75 Å². The summed E-state index contributed by atoms with van der Waals surface area (Å²) >= 11 is 5.59. The summed E-state index contributed by atoms with van der Waals surface area (Å²) in [4.78, 5) is 11.8. The van der Waals surface area contributed by atoms with Crippen molar-refractivity contribution in [2.24, 2.45) is 0 Å². The molecule has 0 heterocycles. The van der Waals surface area contributed by atoms with E-state index in [9.17, 15) is 9.18 Å². The molecule has 0 saturated carbocycles. The van der Waals surface area contributed by atoms with Gasteiger partial charge in [-0.2, -0.15) is 0 Å². The zero-order valence-electron chi connectivity index (χ0n) is 10.8. The van der Waals surface area contributed by atoms with E-state index < -0.39 is 5.82 Å². The van der Waals surface area contributed by atoms with Crippen molar-refractivity contribution in [2.45, 2.75) is 12.8 Å². The molecule has 0 aromatic heterocycles. The SMILES string of the molecule is O=C(CCOc1ccccc1)Cc1ccc(Cl)c(F)c1. The fourth-order valence-electron chi connectivity index (χ4n) is 1.77. The summed E-state index contributed by atoms with van der Waals surface area (Å²) in [5, 5.41) is 0.0635. The fraction of sp³-hybridized carbons (Fsp3) is 0.188. The largest absolute Gasteiger partial charge is 0.493 e. The van der Waals surface area contributed by atoms with Crippen molar-refractivity contribution in [3.8, 4) is 5.75 Å². The Morgan fingerprint density at radius 1 is 1.15 bits per heavy atom. The number of ether oxygens (including phenoxy) is 1. The lowest BCUT2D eigenvalue weighted by molar-refractivity contribution is -0.118. The van der Waals surface area contributed by atoms with E-state index in [1.54, 1.807) is 6.07 Å². The molecule has 0 spiro atoms. The highest BCUT2D eigenvalue weighted by Crippen LogP contribution is 2.16. The Balaban J connectivity index is 1.79. The van der Waals surface area contributed by atoms with Gasteiger partial charge in [-0.1, -0.05) is 35.9 Å². The molecule has 0 aliphatic heterocycles. The van der Waals surface area contributed by atoms with Crippen LogP contribution >= 0.6 is 11.6 Å². The van der Waals surface area contributed by atoms with Crippen molar-refractivity contribution >= 4 is 17.4 Å². The number of halogens is 2. The second-order valence-corrected chi connectivity index (χ2v) is 4.78. The van der Waals surface area contributed by atoms with Crippen LogP contribution in [0.3, 0.4) is 0 Å². The number of benzene rings is 2. The topological polar surface area (TPSA) is 26.3 Å². The maximum absolute atomic E-state index is 13.2. The van der Waals surface area contributed by atoms with Gasteiger partial charge in [0.1, 0.15) is 17.3 Å². The van der Waals surface area contributed by atoms with Crippen LogP contribution in [-0.2, 0) is 11.2 Å². The van der Waals surface area contributed by atoms with Gasteiger partial charge in [-0.05, 0) is 29.8 Å². The molecule has 0 amide bonds. The van der Waals surface area contributed by atoms with Gasteiger partial charge in [-0.15, -0.1) is 0 Å². The highest BCUT2D eigenvalue weighted by atomic mass is 35.5. The van der Waals surface area contributed by atoms with Crippen molar-refractivity contribution < 1.29 is 13.9 Å². The van der Waals surface area contributed by atoms with Crippen LogP contribution in [0.15, 0.2) is 48.5 Å². The lowest BCUT2D eigenvalue weighted by Crippen LogP contribution is -2.09. The van der Waals surface area contributed by atoms with E-state index in [1.807, 2.05) is 30.3 Å². The molecule has 2 aromatic carbocycles. The van der Waals surface area contributed by atoms with E-state index in [2.05, 4.69) is 0 Å². The van der Waals surface area contributed by atoms with Crippen LogP contribution in [0.1, 0.15) is 12.0 Å². The Hall–Kier alpha value is -1.87. The fourth-order valence-corrected chi connectivity index (χ4v) is 1.88. The number of carbonyl (C=O) groups excluding carboxylic acids is 1. The van der Waals surface area contributed by atoms with Gasteiger partial charge in [0, 0.05) is 12.8 Å². The highest BCUT2D eigenvalue weighted by Gasteiger charge is 2.07. The number of Topliss-reactive ketones (excluding diaryl/α,β-unsaturated/α-hetero) is 1. The van der Waals surface area contributed by atoms with Crippen molar-refractivity contribution in [2.75, 3.05) is 6.61 Å². The van der Waals surface area contributed by atoms with E-state index in [1.165, 1.54) is 12.1 Å². The minimum absolute atomic E-state index is 0.00246. The number of para-hydroxylation sites is 1. The Morgan fingerprint density at radius 2 is 1.90 bits per heavy atom. The zero-order chi connectivity index (χ0) is 14.4. The molecule has 4 heteroatoms. The van der Waals surface area contributed by atoms with Gasteiger partial charge in [0.15, 0.2) is 0 Å². The zero-order valence-corrected chi connectivity index (χ0v) is 11.6. The maximum atomic E-state index is 13.2. The molecule has 2 aromatic rings. The minimum Gasteiger partial charge on any atom is -0.493 e. The number of rotatable bonds is 6. The smallest absolute Gasteiger partial charge is 0.142 e. The van der Waals surface area contributed by atoms with Crippen LogP contribution in [0.25, 0.3) is 0 Å². The van der Waals surface area contributed by atoms with Crippen LogP contribution < -0.4 is 4.74 Å². The first-order chi connectivity index (χ1) is 9.65. The number of hydrogen-bond donors (Lipinski definition) is 0. The molecule has 2 rings (SSSR count). The van der Waals surface area contributed by atoms with Gasteiger partial charge in [0.05, 0.1) is 11.6 Å². The molecular weight excluding hydrogens is 279 g/mol. The average molecular weight is 293 g/mol. The maximum Gasteiger partial charge on any atom is 0.142 e. The summed E-state index contributed by atoms with van der Waals surface area (Å²) in [5.74, 6) is 0.234. The van der Waals surface area contributed by atoms with Gasteiger partial charge < -0.3 is 4.74 Å². The number of hydrogen-bond acceptors (Lipinski definition) is 2. The molecule has 0 unspecified atom stereocenters. The van der Waals surface area contributed by atoms with E-state index in [0.29, 0.717) is 18.6 Å². The summed E-state index contributed by atoms with van der Waals surface area (Å²) in [7, 11) is 0. The molecule has 2 nitrogen and oxygen atoms in total. The molecular formula is C16H14ClFO2. The lowest BCUT2D eigenvalue weighted by atomic mass is 10.1. The van der Waals surface area contributed by atoms with Gasteiger partial charge in [-0.25, -0.2) is 4.39 Å². The molecule has 0 bridgehead atoms. The average Bonchev–Trinajstić information content (AvgIpc) is 2.44. The van der Waals surface area contributed by atoms with Crippen LogP contribution in [0, 0.1) is 5.82 Å². The van der Waals surface area contributed by atoms with Crippen LogP contribution in [0.5, 0.6) is 5.75 Å². The van der Waals surface area contributed by atoms with Gasteiger partial charge >= 0.3 is 0 Å². The summed E-state index contributed by atoms with van der Waals surface area (Å²) in [6, 6.07) is 13.7. The highest BCUT2D eigenvalue weighted by molar-refractivity contribution is 6.30. The molecule has 0 radical (unpaired) electrons. The van der Waals surface area contributed by atoms with Crippen molar-refractivity contribution in [1.82, 2.24) is 0 Å². The normalized spacial score (nSPS) is 10.3. The van der Waals surface area contributed by atoms with Gasteiger partial charge in [0.25, 0.3) is 0 Å². The Labute approximate surface area is 122 Å². The third-order valence-corrected chi connectivity index (χ3v) is 3.08. The predicted octanol–water partition coefficient (Wildman–Crippen LogP) is 4.06. The van der Waals surface area contributed by atoms with E-state index in [4.69, 9.17) is 16.3 Å². The second kappa shape index (κ2) is 7.06. The number of carbonyl (C=O) groups is 1. The first kappa shape index (κ1) is 14.5. The molecule has 0 aliphatic carbocycles. The van der Waals surface area contributed by atoms with Crippen LogP contribution in [0.2, 0.25) is 5.02 Å².